The highest BCUT2D eigenvalue weighted by atomic mass is 32.2. The quantitative estimate of drug-likeness (QED) is 0.646. The van der Waals surface area contributed by atoms with Gasteiger partial charge in [0.2, 0.25) is 10.0 Å². The van der Waals surface area contributed by atoms with Crippen molar-refractivity contribution in [1.29, 1.82) is 0 Å². The number of hydrogen-bond donors (Lipinski definition) is 2. The molecular weight excluding hydrogens is 288 g/mol. The number of nitrogens with one attached hydrogen (secondary N) is 2. The van der Waals surface area contributed by atoms with Gasteiger partial charge in [0, 0.05) is 6.54 Å². The summed E-state index contributed by atoms with van der Waals surface area (Å²) in [4.78, 5) is 6.34. The van der Waals surface area contributed by atoms with E-state index in [9.17, 15) is 8.42 Å². The summed E-state index contributed by atoms with van der Waals surface area (Å²) in [5, 5.41) is 3.21. The molecule has 1 heterocycles. The average Bonchev–Trinajstić information content (AvgIpc) is 2.42. The lowest BCUT2D eigenvalue weighted by Gasteiger charge is -2.11. The van der Waals surface area contributed by atoms with Gasteiger partial charge in [-0.15, -0.1) is 0 Å². The zero-order valence-corrected chi connectivity index (χ0v) is 13.9. The maximum Gasteiger partial charge on any atom is 0.232 e. The highest BCUT2D eigenvalue weighted by Gasteiger charge is 2.09. The molecule has 120 valence electrons. The van der Waals surface area contributed by atoms with Crippen molar-refractivity contribution < 1.29 is 8.42 Å². The Bertz CT molecular complexity index is 500. The van der Waals surface area contributed by atoms with E-state index in [1.807, 2.05) is 21.0 Å². The molecule has 0 bridgehead atoms. The first-order chi connectivity index (χ1) is 9.93. The number of hydrogen-bond acceptors (Lipinski definition) is 5. The third kappa shape index (κ3) is 7.87. The summed E-state index contributed by atoms with van der Waals surface area (Å²) >= 11 is 0. The summed E-state index contributed by atoms with van der Waals surface area (Å²) in [7, 11) is 0.823. The summed E-state index contributed by atoms with van der Waals surface area (Å²) in [6.07, 6.45) is 4.08. The Hall–Kier alpha value is -1.34. The zero-order valence-electron chi connectivity index (χ0n) is 13.1. The molecule has 0 aromatic carbocycles. The molecule has 0 amide bonds. The van der Waals surface area contributed by atoms with Gasteiger partial charge in [0.15, 0.2) is 0 Å². The van der Waals surface area contributed by atoms with Crippen molar-refractivity contribution in [1.82, 2.24) is 9.88 Å². The zero-order chi connectivity index (χ0) is 15.7. The van der Waals surface area contributed by atoms with E-state index in [-0.39, 0.29) is 5.75 Å². The van der Waals surface area contributed by atoms with Gasteiger partial charge in [-0.25, -0.2) is 13.4 Å². The minimum Gasteiger partial charge on any atom is -0.370 e. The second-order valence-electron chi connectivity index (χ2n) is 5.29. The Morgan fingerprint density at radius 2 is 2.00 bits per heavy atom. The molecule has 0 spiro atoms. The summed E-state index contributed by atoms with van der Waals surface area (Å²) in [6.45, 7) is 3.82. The van der Waals surface area contributed by atoms with E-state index in [2.05, 4.69) is 19.9 Å². The van der Waals surface area contributed by atoms with E-state index < -0.39 is 10.0 Å². The highest BCUT2D eigenvalue weighted by molar-refractivity contribution is 7.92. The lowest BCUT2D eigenvalue weighted by Crippen LogP contribution is -2.17. The molecule has 0 atom stereocenters. The van der Waals surface area contributed by atoms with Crippen LogP contribution in [-0.4, -0.2) is 51.2 Å². The predicted molar refractivity (Wildman–Crippen MR) is 88.2 cm³/mol. The van der Waals surface area contributed by atoms with Gasteiger partial charge in [-0.1, -0.05) is 13.3 Å². The van der Waals surface area contributed by atoms with Crippen molar-refractivity contribution >= 4 is 21.5 Å². The lowest BCUT2D eigenvalue weighted by atomic mass is 10.4. The van der Waals surface area contributed by atoms with Gasteiger partial charge in [0.25, 0.3) is 0 Å². The molecule has 7 heteroatoms. The van der Waals surface area contributed by atoms with E-state index in [0.29, 0.717) is 12.1 Å². The minimum atomic E-state index is -3.26. The standard InChI is InChI=1S/C14H26N4O2S/c1-4-5-11-21(19,20)17-13-7-8-14(16-12-13)15-9-6-10-18(2)3/h7-8,12,17H,4-6,9-11H2,1-3H3,(H,15,16). The second-order valence-corrected chi connectivity index (χ2v) is 7.13. The van der Waals surface area contributed by atoms with E-state index in [1.54, 1.807) is 12.1 Å². The molecule has 21 heavy (non-hydrogen) atoms. The molecule has 2 N–H and O–H groups in total. The third-order valence-electron chi connectivity index (χ3n) is 2.89. The molecule has 0 saturated carbocycles. The first kappa shape index (κ1) is 17.7. The van der Waals surface area contributed by atoms with Crippen LogP contribution in [0.3, 0.4) is 0 Å². The number of rotatable bonds is 10. The summed E-state index contributed by atoms with van der Waals surface area (Å²) in [6, 6.07) is 3.51. The Labute approximate surface area is 128 Å². The number of aromatic nitrogens is 1. The fourth-order valence-electron chi connectivity index (χ4n) is 1.74. The molecular formula is C14H26N4O2S. The van der Waals surface area contributed by atoms with Crippen molar-refractivity contribution in [2.75, 3.05) is 43.0 Å². The average molecular weight is 314 g/mol. The monoisotopic (exact) mass is 314 g/mol. The smallest absolute Gasteiger partial charge is 0.232 e. The second kappa shape index (κ2) is 8.84. The Balaban J connectivity index is 2.43. The van der Waals surface area contributed by atoms with Gasteiger partial charge in [-0.3, -0.25) is 4.72 Å². The number of pyridine rings is 1. The van der Waals surface area contributed by atoms with Crippen LogP contribution in [0, 0.1) is 0 Å². The minimum absolute atomic E-state index is 0.147. The number of anilines is 2. The van der Waals surface area contributed by atoms with Gasteiger partial charge in [-0.2, -0.15) is 0 Å². The Kier molecular flexibility index (Phi) is 7.45. The van der Waals surface area contributed by atoms with Crippen LogP contribution in [-0.2, 0) is 10.0 Å². The molecule has 1 rings (SSSR count). The van der Waals surface area contributed by atoms with Crippen molar-refractivity contribution in [2.24, 2.45) is 0 Å². The normalized spacial score (nSPS) is 11.6. The van der Waals surface area contributed by atoms with E-state index in [0.717, 1.165) is 31.7 Å². The van der Waals surface area contributed by atoms with Crippen LogP contribution in [0.5, 0.6) is 0 Å². The summed E-state index contributed by atoms with van der Waals surface area (Å²) in [5.41, 5.74) is 0.505. The van der Waals surface area contributed by atoms with Crippen LogP contribution >= 0.6 is 0 Å². The topological polar surface area (TPSA) is 74.3 Å². The SMILES string of the molecule is CCCCS(=O)(=O)Nc1ccc(NCCCN(C)C)nc1. The van der Waals surface area contributed by atoms with Gasteiger partial charge in [-0.05, 0) is 45.6 Å². The van der Waals surface area contributed by atoms with E-state index >= 15 is 0 Å². The molecule has 0 fully saturated rings. The molecule has 6 nitrogen and oxygen atoms in total. The predicted octanol–water partition coefficient (Wildman–Crippen LogP) is 1.99. The van der Waals surface area contributed by atoms with Gasteiger partial charge < -0.3 is 10.2 Å². The fraction of sp³-hybridized carbons (Fsp3) is 0.643. The molecule has 0 saturated heterocycles. The Morgan fingerprint density at radius 3 is 2.57 bits per heavy atom. The van der Waals surface area contributed by atoms with Crippen LogP contribution in [0.25, 0.3) is 0 Å². The third-order valence-corrected chi connectivity index (χ3v) is 4.26. The Morgan fingerprint density at radius 1 is 1.24 bits per heavy atom. The molecule has 0 radical (unpaired) electrons. The van der Waals surface area contributed by atoms with E-state index in [1.165, 1.54) is 6.20 Å². The molecule has 0 aliphatic heterocycles. The molecule has 0 aliphatic rings. The maximum absolute atomic E-state index is 11.8. The van der Waals surface area contributed by atoms with Crippen molar-refractivity contribution in [3.05, 3.63) is 18.3 Å². The van der Waals surface area contributed by atoms with Crippen LogP contribution in [0.1, 0.15) is 26.2 Å². The van der Waals surface area contributed by atoms with Gasteiger partial charge in [0.05, 0.1) is 17.6 Å². The van der Waals surface area contributed by atoms with Crippen molar-refractivity contribution in [2.45, 2.75) is 26.2 Å². The lowest BCUT2D eigenvalue weighted by molar-refractivity contribution is 0.405. The molecule has 1 aromatic rings. The van der Waals surface area contributed by atoms with Crippen LogP contribution in [0.2, 0.25) is 0 Å². The summed E-state index contributed by atoms with van der Waals surface area (Å²) < 4.78 is 26.1. The van der Waals surface area contributed by atoms with Crippen LogP contribution in [0.15, 0.2) is 18.3 Å². The van der Waals surface area contributed by atoms with Crippen LogP contribution < -0.4 is 10.0 Å². The molecule has 1 aromatic heterocycles. The fourth-order valence-corrected chi connectivity index (χ4v) is 2.99. The van der Waals surface area contributed by atoms with Crippen molar-refractivity contribution in [3.63, 3.8) is 0 Å². The van der Waals surface area contributed by atoms with E-state index in [4.69, 9.17) is 0 Å². The molecule has 0 aliphatic carbocycles. The van der Waals surface area contributed by atoms with Crippen LogP contribution in [0.4, 0.5) is 11.5 Å². The first-order valence-corrected chi connectivity index (χ1v) is 8.93. The molecule has 0 unspecified atom stereocenters. The number of nitrogens with zero attached hydrogens (tertiary/aromatic N) is 2. The number of unbranched alkanes of at least 4 members (excludes halogenated alkanes) is 1. The summed E-state index contributed by atoms with van der Waals surface area (Å²) in [5.74, 6) is 0.902. The highest BCUT2D eigenvalue weighted by Crippen LogP contribution is 2.12. The maximum atomic E-state index is 11.8. The largest absolute Gasteiger partial charge is 0.370 e. The first-order valence-electron chi connectivity index (χ1n) is 7.28. The van der Waals surface area contributed by atoms with Gasteiger partial charge in [0.1, 0.15) is 5.82 Å². The van der Waals surface area contributed by atoms with Gasteiger partial charge >= 0.3 is 0 Å². The van der Waals surface area contributed by atoms with Crippen molar-refractivity contribution in [3.8, 4) is 0 Å². The number of sulfonamides is 1.